The summed E-state index contributed by atoms with van der Waals surface area (Å²) < 4.78 is 27.4. The van der Waals surface area contributed by atoms with Crippen molar-refractivity contribution in [2.75, 3.05) is 13.2 Å². The van der Waals surface area contributed by atoms with Crippen molar-refractivity contribution >= 4 is 11.0 Å². The molecule has 41 heavy (non-hydrogen) atoms. The summed E-state index contributed by atoms with van der Waals surface area (Å²) in [5.41, 5.74) is -0.783. The molecule has 15 heteroatoms. The van der Waals surface area contributed by atoms with Crippen LogP contribution in [0.3, 0.4) is 0 Å². The molecule has 3 heterocycles. The Labute approximate surface area is 230 Å². The molecule has 0 radical (unpaired) electrons. The van der Waals surface area contributed by atoms with E-state index in [-0.39, 0.29) is 33.8 Å². The van der Waals surface area contributed by atoms with E-state index in [0.29, 0.717) is 0 Å². The minimum Gasteiger partial charge on any atom is -0.508 e. The highest BCUT2D eigenvalue weighted by atomic mass is 16.7. The van der Waals surface area contributed by atoms with E-state index in [2.05, 4.69) is 0 Å². The van der Waals surface area contributed by atoms with Crippen LogP contribution in [-0.4, -0.2) is 114 Å². The SMILES string of the molecule is O=c1c(OC2COC(OCC3OC(O)C(O)C(O)C3O)C(O)C2O)c(-c2ccc(O)cc2)oc2cc(O)cc(O)c12. The zero-order valence-electron chi connectivity index (χ0n) is 21.0. The fourth-order valence-electron chi connectivity index (χ4n) is 4.61. The molecule has 2 fully saturated rings. The number of aliphatic hydroxyl groups is 6. The minimum atomic E-state index is -1.80. The van der Waals surface area contributed by atoms with E-state index in [0.717, 1.165) is 12.1 Å². The number of rotatable bonds is 6. The monoisotopic (exact) mass is 580 g/mol. The molecule has 9 N–H and O–H groups in total. The van der Waals surface area contributed by atoms with Crippen molar-refractivity contribution in [1.82, 2.24) is 0 Å². The number of aromatic hydroxyl groups is 3. The molecule has 2 saturated heterocycles. The average Bonchev–Trinajstić information content (AvgIpc) is 2.93. The van der Waals surface area contributed by atoms with Crippen LogP contribution in [0.5, 0.6) is 23.0 Å². The summed E-state index contributed by atoms with van der Waals surface area (Å²) in [5, 5.41) is 90.1. The van der Waals surface area contributed by atoms with Crippen LogP contribution in [0.25, 0.3) is 22.3 Å². The molecule has 0 saturated carbocycles. The summed E-state index contributed by atoms with van der Waals surface area (Å²) >= 11 is 0. The molecule has 0 spiro atoms. The van der Waals surface area contributed by atoms with E-state index >= 15 is 0 Å². The second-order valence-electron chi connectivity index (χ2n) is 9.68. The van der Waals surface area contributed by atoms with Crippen LogP contribution in [0.15, 0.2) is 45.6 Å². The van der Waals surface area contributed by atoms with E-state index in [1.165, 1.54) is 24.3 Å². The molecule has 2 aliphatic heterocycles. The van der Waals surface area contributed by atoms with Gasteiger partial charge < -0.3 is 69.3 Å². The molecular weight excluding hydrogens is 552 g/mol. The van der Waals surface area contributed by atoms with Crippen molar-refractivity contribution in [1.29, 1.82) is 0 Å². The van der Waals surface area contributed by atoms with Gasteiger partial charge in [0.15, 0.2) is 24.4 Å². The fourth-order valence-corrected chi connectivity index (χ4v) is 4.61. The van der Waals surface area contributed by atoms with Crippen LogP contribution in [-0.2, 0) is 14.2 Å². The first-order valence-corrected chi connectivity index (χ1v) is 12.4. The number of aliphatic hydroxyl groups excluding tert-OH is 6. The van der Waals surface area contributed by atoms with E-state index in [1.807, 2.05) is 0 Å². The third kappa shape index (κ3) is 5.54. The molecule has 9 atom stereocenters. The second-order valence-corrected chi connectivity index (χ2v) is 9.68. The Bertz CT molecular complexity index is 1440. The summed E-state index contributed by atoms with van der Waals surface area (Å²) in [4.78, 5) is 13.5. The standard InChI is InChI=1S/C26H28O15/c27-10-3-1-9(2-4-10)23-24(19(32)16-12(29)5-11(28)6-13(16)39-23)40-14-7-37-26(22(35)18(14)31)38-8-15-17(30)20(33)21(34)25(36)41-15/h1-6,14-15,17-18,20-22,25-31,33-36H,7-8H2. The number of hydrogen-bond donors (Lipinski definition) is 9. The maximum absolute atomic E-state index is 13.5. The van der Waals surface area contributed by atoms with Gasteiger partial charge in [0.05, 0.1) is 13.2 Å². The number of ether oxygens (including phenoxy) is 4. The minimum absolute atomic E-state index is 0.0775. The van der Waals surface area contributed by atoms with E-state index < -0.39 is 85.4 Å². The summed E-state index contributed by atoms with van der Waals surface area (Å²) in [5.74, 6) is -1.69. The Kier molecular flexibility index (Phi) is 8.06. The van der Waals surface area contributed by atoms with E-state index in [1.54, 1.807) is 0 Å². The number of fused-ring (bicyclic) bond motifs is 1. The lowest BCUT2D eigenvalue weighted by atomic mass is 9.99. The van der Waals surface area contributed by atoms with Gasteiger partial charge in [-0.15, -0.1) is 0 Å². The highest BCUT2D eigenvalue weighted by Gasteiger charge is 2.45. The first-order chi connectivity index (χ1) is 19.5. The van der Waals surface area contributed by atoms with Crippen molar-refractivity contribution in [3.05, 3.63) is 46.6 Å². The highest BCUT2D eigenvalue weighted by molar-refractivity contribution is 5.88. The van der Waals surface area contributed by atoms with Gasteiger partial charge in [-0.25, -0.2) is 0 Å². The van der Waals surface area contributed by atoms with Crippen LogP contribution >= 0.6 is 0 Å². The molecule has 0 aliphatic carbocycles. The highest BCUT2D eigenvalue weighted by Crippen LogP contribution is 2.37. The summed E-state index contributed by atoms with van der Waals surface area (Å²) in [7, 11) is 0. The summed E-state index contributed by atoms with van der Waals surface area (Å²) in [6.07, 6.45) is -14.6. The molecule has 2 aliphatic rings. The third-order valence-electron chi connectivity index (χ3n) is 6.86. The summed E-state index contributed by atoms with van der Waals surface area (Å²) in [6, 6.07) is 7.50. The predicted octanol–water partition coefficient (Wildman–Crippen LogP) is -1.78. The average molecular weight is 580 g/mol. The molecule has 2 aromatic carbocycles. The van der Waals surface area contributed by atoms with E-state index in [4.69, 9.17) is 23.4 Å². The quantitative estimate of drug-likeness (QED) is 0.156. The van der Waals surface area contributed by atoms with Crippen LogP contribution in [0, 0.1) is 0 Å². The Morgan fingerprint density at radius 1 is 0.829 bits per heavy atom. The third-order valence-corrected chi connectivity index (χ3v) is 6.86. The van der Waals surface area contributed by atoms with Gasteiger partial charge in [0, 0.05) is 17.7 Å². The molecule has 0 amide bonds. The van der Waals surface area contributed by atoms with Crippen LogP contribution in [0.4, 0.5) is 0 Å². The number of phenols is 3. The Morgan fingerprint density at radius 2 is 1.54 bits per heavy atom. The molecule has 3 aromatic rings. The van der Waals surface area contributed by atoms with Gasteiger partial charge in [0.1, 0.15) is 64.8 Å². The van der Waals surface area contributed by atoms with Crippen molar-refractivity contribution in [3.8, 4) is 34.3 Å². The van der Waals surface area contributed by atoms with Gasteiger partial charge in [-0.1, -0.05) is 0 Å². The maximum atomic E-state index is 13.5. The van der Waals surface area contributed by atoms with Crippen molar-refractivity contribution in [2.24, 2.45) is 0 Å². The Balaban J connectivity index is 1.37. The molecule has 5 rings (SSSR count). The molecule has 9 unspecified atom stereocenters. The second kappa shape index (κ2) is 11.4. The van der Waals surface area contributed by atoms with Crippen LogP contribution in [0.2, 0.25) is 0 Å². The summed E-state index contributed by atoms with van der Waals surface area (Å²) in [6.45, 7) is -0.956. The van der Waals surface area contributed by atoms with Crippen LogP contribution < -0.4 is 10.2 Å². The van der Waals surface area contributed by atoms with Crippen molar-refractivity contribution < 1.29 is 69.3 Å². The van der Waals surface area contributed by atoms with Gasteiger partial charge in [-0.2, -0.15) is 0 Å². The van der Waals surface area contributed by atoms with Gasteiger partial charge in [0.25, 0.3) is 0 Å². The lowest BCUT2D eigenvalue weighted by molar-refractivity contribution is -0.311. The molecular formula is C26H28O15. The van der Waals surface area contributed by atoms with Crippen molar-refractivity contribution in [2.45, 2.75) is 55.3 Å². The largest absolute Gasteiger partial charge is 0.508 e. The van der Waals surface area contributed by atoms with Gasteiger partial charge in [-0.3, -0.25) is 4.79 Å². The zero-order chi connectivity index (χ0) is 29.6. The number of benzene rings is 2. The number of phenolic OH excluding ortho intramolecular Hbond substituents is 3. The smallest absolute Gasteiger partial charge is 0.239 e. The number of hydrogen-bond acceptors (Lipinski definition) is 15. The normalized spacial score (nSPS) is 32.2. The van der Waals surface area contributed by atoms with Crippen LogP contribution in [0.1, 0.15) is 0 Å². The lowest BCUT2D eigenvalue weighted by Crippen LogP contribution is -2.60. The van der Waals surface area contributed by atoms with Gasteiger partial charge >= 0.3 is 0 Å². The topological polar surface area (TPSA) is 249 Å². The Morgan fingerprint density at radius 3 is 2.24 bits per heavy atom. The molecule has 222 valence electrons. The van der Waals surface area contributed by atoms with Gasteiger partial charge in [0.2, 0.25) is 11.2 Å². The molecule has 0 bridgehead atoms. The first-order valence-electron chi connectivity index (χ1n) is 12.4. The fraction of sp³-hybridized carbons (Fsp3) is 0.423. The van der Waals surface area contributed by atoms with Crippen molar-refractivity contribution in [3.63, 3.8) is 0 Å². The molecule has 15 nitrogen and oxygen atoms in total. The maximum Gasteiger partial charge on any atom is 0.239 e. The molecule has 1 aromatic heterocycles. The van der Waals surface area contributed by atoms with Gasteiger partial charge in [-0.05, 0) is 24.3 Å². The Hall–Kier alpha value is -3.51. The zero-order valence-corrected chi connectivity index (χ0v) is 21.0. The predicted molar refractivity (Wildman–Crippen MR) is 134 cm³/mol. The lowest BCUT2D eigenvalue weighted by Gasteiger charge is -2.40. The van der Waals surface area contributed by atoms with E-state index in [9.17, 15) is 50.8 Å². The first kappa shape index (κ1) is 29.0.